The lowest BCUT2D eigenvalue weighted by Crippen LogP contribution is -2.44. The molecule has 0 fully saturated rings. The maximum Gasteiger partial charge on any atom is 0.242 e. The second kappa shape index (κ2) is 15.8. The highest BCUT2D eigenvalue weighted by molar-refractivity contribution is 9.10. The molecule has 0 aliphatic rings. The van der Waals surface area contributed by atoms with Crippen LogP contribution in [0, 0.1) is 5.92 Å². The summed E-state index contributed by atoms with van der Waals surface area (Å²) < 4.78 is 8.70. The quantitative estimate of drug-likeness (QED) is 0.252. The summed E-state index contributed by atoms with van der Waals surface area (Å²) in [6.07, 6.45) is 5.19. The Labute approximate surface area is 219 Å². The first-order valence-electron chi connectivity index (χ1n) is 12.9. The summed E-state index contributed by atoms with van der Waals surface area (Å²) in [4.78, 5) is 30.0. The predicted octanol–water partition coefficient (Wildman–Crippen LogP) is 5.73. The molecule has 35 heavy (non-hydrogen) atoms. The summed E-state index contributed by atoms with van der Waals surface area (Å²) >= 11 is 3.49. The minimum Gasteiger partial charge on any atom is -0.382 e. The number of hydrogen-bond acceptors (Lipinski definition) is 3. The molecule has 2 amide bonds. The van der Waals surface area contributed by atoms with E-state index in [1.165, 1.54) is 5.56 Å². The molecule has 0 radical (unpaired) electrons. The van der Waals surface area contributed by atoms with Crippen molar-refractivity contribution >= 4 is 27.7 Å². The third-order valence-electron chi connectivity index (χ3n) is 5.86. The fraction of sp³-hybridized carbons (Fsp3) is 0.571. The van der Waals surface area contributed by atoms with Crippen molar-refractivity contribution in [2.75, 3.05) is 32.8 Å². The van der Waals surface area contributed by atoms with E-state index >= 15 is 0 Å². The highest BCUT2D eigenvalue weighted by Crippen LogP contribution is 2.15. The van der Waals surface area contributed by atoms with E-state index in [9.17, 15) is 9.59 Å². The SMILES string of the molecule is CCCCN(Cc1cccn1Cc1ccc(Br)cc1)C(=O)CN(CCCOCC)C(=O)CC(C)C. The highest BCUT2D eigenvalue weighted by atomic mass is 79.9. The van der Waals surface area contributed by atoms with Gasteiger partial charge in [0.15, 0.2) is 0 Å². The van der Waals surface area contributed by atoms with Crippen molar-refractivity contribution in [3.8, 4) is 0 Å². The zero-order chi connectivity index (χ0) is 25.6. The van der Waals surface area contributed by atoms with Crippen LogP contribution >= 0.6 is 15.9 Å². The Morgan fingerprint density at radius 3 is 2.37 bits per heavy atom. The molecule has 0 bridgehead atoms. The van der Waals surface area contributed by atoms with E-state index in [0.29, 0.717) is 39.3 Å². The number of hydrogen-bond donors (Lipinski definition) is 0. The first-order chi connectivity index (χ1) is 16.8. The third kappa shape index (κ3) is 10.6. The van der Waals surface area contributed by atoms with Gasteiger partial charge in [-0.15, -0.1) is 0 Å². The number of benzene rings is 1. The molecule has 0 saturated heterocycles. The number of rotatable bonds is 16. The van der Waals surface area contributed by atoms with Gasteiger partial charge in [-0.1, -0.05) is 55.3 Å². The summed E-state index contributed by atoms with van der Waals surface area (Å²) in [5.41, 5.74) is 2.30. The van der Waals surface area contributed by atoms with E-state index in [1.54, 1.807) is 4.90 Å². The molecule has 7 heteroatoms. The molecule has 2 aromatic rings. The van der Waals surface area contributed by atoms with Crippen LogP contribution in [-0.2, 0) is 27.4 Å². The fourth-order valence-electron chi connectivity index (χ4n) is 3.91. The number of unbranched alkanes of at least 4 members (excludes halogenated alkanes) is 1. The van der Waals surface area contributed by atoms with Gasteiger partial charge in [-0.3, -0.25) is 9.59 Å². The van der Waals surface area contributed by atoms with Gasteiger partial charge in [0, 0.05) is 55.6 Å². The minimum atomic E-state index is 0.00311. The molecule has 0 unspecified atom stereocenters. The third-order valence-corrected chi connectivity index (χ3v) is 6.39. The van der Waals surface area contributed by atoms with Gasteiger partial charge in [0.05, 0.1) is 13.1 Å². The van der Waals surface area contributed by atoms with Crippen LogP contribution in [0.5, 0.6) is 0 Å². The van der Waals surface area contributed by atoms with Crippen molar-refractivity contribution in [3.63, 3.8) is 0 Å². The van der Waals surface area contributed by atoms with Gasteiger partial charge in [0.1, 0.15) is 0 Å². The number of amides is 2. The van der Waals surface area contributed by atoms with Crippen LogP contribution in [0.2, 0.25) is 0 Å². The van der Waals surface area contributed by atoms with E-state index in [0.717, 1.165) is 36.0 Å². The summed E-state index contributed by atoms with van der Waals surface area (Å²) in [7, 11) is 0. The Kier molecular flexibility index (Phi) is 13.1. The van der Waals surface area contributed by atoms with Crippen LogP contribution in [0.25, 0.3) is 0 Å². The molecular formula is C28H42BrN3O3. The van der Waals surface area contributed by atoms with Crippen molar-refractivity contribution in [1.29, 1.82) is 0 Å². The van der Waals surface area contributed by atoms with Crippen LogP contribution in [-0.4, -0.2) is 59.0 Å². The average Bonchev–Trinajstić information content (AvgIpc) is 3.25. The Morgan fingerprint density at radius 2 is 1.71 bits per heavy atom. The standard InChI is InChI=1S/C28H42BrN3O3/c1-5-7-15-31(21-26-10-8-16-30(26)20-24-11-13-25(29)14-12-24)28(34)22-32(17-9-18-35-6-2)27(33)19-23(3)4/h8,10-14,16,23H,5-7,9,15,17-22H2,1-4H3. The van der Waals surface area contributed by atoms with Gasteiger partial charge >= 0.3 is 0 Å². The number of aromatic nitrogens is 1. The monoisotopic (exact) mass is 547 g/mol. The van der Waals surface area contributed by atoms with Crippen molar-refractivity contribution < 1.29 is 14.3 Å². The van der Waals surface area contributed by atoms with E-state index < -0.39 is 0 Å². The van der Waals surface area contributed by atoms with E-state index in [1.807, 2.05) is 43.9 Å². The topological polar surface area (TPSA) is 54.8 Å². The summed E-state index contributed by atoms with van der Waals surface area (Å²) in [6, 6.07) is 12.4. The molecule has 2 rings (SSSR count). The number of carbonyl (C=O) groups is 2. The molecule has 0 aliphatic carbocycles. The lowest BCUT2D eigenvalue weighted by Gasteiger charge is -2.28. The first-order valence-corrected chi connectivity index (χ1v) is 13.6. The molecule has 1 aromatic heterocycles. The van der Waals surface area contributed by atoms with Crippen LogP contribution in [0.15, 0.2) is 47.1 Å². The predicted molar refractivity (Wildman–Crippen MR) is 145 cm³/mol. The van der Waals surface area contributed by atoms with Gasteiger partial charge in [-0.2, -0.15) is 0 Å². The van der Waals surface area contributed by atoms with E-state index in [4.69, 9.17) is 4.74 Å². The maximum atomic E-state index is 13.5. The Bertz CT molecular complexity index is 895. The molecule has 1 heterocycles. The normalized spacial score (nSPS) is 11.1. The molecule has 0 saturated carbocycles. The molecule has 0 atom stereocenters. The molecule has 0 aliphatic heterocycles. The molecule has 0 spiro atoms. The lowest BCUT2D eigenvalue weighted by molar-refractivity contribution is -0.141. The Balaban J connectivity index is 2.11. The second-order valence-electron chi connectivity index (χ2n) is 9.39. The highest BCUT2D eigenvalue weighted by Gasteiger charge is 2.22. The number of carbonyl (C=O) groups excluding carboxylic acids is 2. The van der Waals surface area contributed by atoms with Gasteiger partial charge in [0.25, 0.3) is 0 Å². The molecule has 194 valence electrons. The second-order valence-corrected chi connectivity index (χ2v) is 10.3. The van der Waals surface area contributed by atoms with Gasteiger partial charge in [-0.25, -0.2) is 0 Å². The van der Waals surface area contributed by atoms with E-state index in [-0.39, 0.29) is 24.3 Å². The minimum absolute atomic E-state index is 0.00311. The molecular weight excluding hydrogens is 506 g/mol. The summed E-state index contributed by atoms with van der Waals surface area (Å²) in [5, 5.41) is 0. The van der Waals surface area contributed by atoms with E-state index in [2.05, 4.69) is 51.8 Å². The average molecular weight is 549 g/mol. The maximum absolute atomic E-state index is 13.5. The summed E-state index contributed by atoms with van der Waals surface area (Å²) in [6.45, 7) is 12.0. The van der Waals surface area contributed by atoms with Crippen LogP contribution in [0.4, 0.5) is 0 Å². The molecule has 0 N–H and O–H groups in total. The molecule has 6 nitrogen and oxygen atoms in total. The molecule has 1 aromatic carbocycles. The first kappa shape index (κ1) is 29.1. The van der Waals surface area contributed by atoms with Gasteiger partial charge in [0.2, 0.25) is 11.8 Å². The number of nitrogens with zero attached hydrogens (tertiary/aromatic N) is 3. The van der Waals surface area contributed by atoms with Crippen LogP contribution in [0.1, 0.15) is 64.6 Å². The van der Waals surface area contributed by atoms with Crippen LogP contribution in [0.3, 0.4) is 0 Å². The van der Waals surface area contributed by atoms with Gasteiger partial charge in [-0.05, 0) is 55.5 Å². The van der Waals surface area contributed by atoms with Crippen molar-refractivity contribution in [1.82, 2.24) is 14.4 Å². The summed E-state index contributed by atoms with van der Waals surface area (Å²) in [5.74, 6) is 0.298. The lowest BCUT2D eigenvalue weighted by atomic mass is 10.1. The number of halogens is 1. The Morgan fingerprint density at radius 1 is 1.00 bits per heavy atom. The zero-order valence-corrected chi connectivity index (χ0v) is 23.4. The van der Waals surface area contributed by atoms with Crippen molar-refractivity contribution in [3.05, 3.63) is 58.3 Å². The largest absolute Gasteiger partial charge is 0.382 e. The number of ether oxygens (including phenoxy) is 1. The zero-order valence-electron chi connectivity index (χ0n) is 21.8. The van der Waals surface area contributed by atoms with Crippen LogP contribution < -0.4 is 0 Å². The van der Waals surface area contributed by atoms with Gasteiger partial charge < -0.3 is 19.1 Å². The smallest absolute Gasteiger partial charge is 0.242 e. The van der Waals surface area contributed by atoms with Crippen molar-refractivity contribution in [2.45, 2.75) is 66.5 Å². The van der Waals surface area contributed by atoms with Crippen molar-refractivity contribution in [2.24, 2.45) is 5.92 Å². The fourth-order valence-corrected chi connectivity index (χ4v) is 4.17. The Hall–Kier alpha value is -2.12.